The van der Waals surface area contributed by atoms with Crippen LogP contribution in [0.15, 0.2) is 109 Å². The van der Waals surface area contributed by atoms with Gasteiger partial charge in [0.05, 0.1) is 11.2 Å². The summed E-state index contributed by atoms with van der Waals surface area (Å²) >= 11 is 1.20. The maximum absolute atomic E-state index is 12.2. The van der Waals surface area contributed by atoms with Crippen LogP contribution in [0.3, 0.4) is 0 Å². The van der Waals surface area contributed by atoms with E-state index in [1.807, 2.05) is 48.5 Å². The summed E-state index contributed by atoms with van der Waals surface area (Å²) in [6, 6.07) is 31.0. The molecule has 5 N–H and O–H groups in total. The SMILES string of the molecule is C=CS(=O)(=O)C(N)c1cccc(NCC#Cc2cc(O[Si](c3ccccc3)(c3ccccc3)C(C)(C)C)c3nc(NC(=O)O)sc3c2)c1. The molecule has 1 amide bonds. The van der Waals surface area contributed by atoms with Gasteiger partial charge in [-0.2, -0.15) is 0 Å². The Bertz CT molecular complexity index is 2080. The molecule has 1 unspecified atom stereocenters. The van der Waals surface area contributed by atoms with Crippen LogP contribution in [0.1, 0.15) is 37.3 Å². The van der Waals surface area contributed by atoms with E-state index < -0.39 is 29.6 Å². The van der Waals surface area contributed by atoms with Gasteiger partial charge in [-0.05, 0) is 45.2 Å². The molecule has 9 nitrogen and oxygen atoms in total. The molecule has 0 radical (unpaired) electrons. The monoisotopic (exact) mass is 696 g/mol. The second kappa shape index (κ2) is 14.0. The molecule has 0 aliphatic heterocycles. The highest BCUT2D eigenvalue weighted by Gasteiger charge is 2.52. The molecule has 0 spiro atoms. The van der Waals surface area contributed by atoms with Crippen molar-refractivity contribution in [3.63, 3.8) is 0 Å². The van der Waals surface area contributed by atoms with Crippen LogP contribution in [-0.2, 0) is 9.84 Å². The number of hydrogen-bond acceptors (Lipinski definition) is 8. The molecule has 0 bridgehead atoms. The van der Waals surface area contributed by atoms with Crippen molar-refractivity contribution in [3.8, 4) is 17.6 Å². The first-order valence-electron chi connectivity index (χ1n) is 15.0. The molecule has 0 aliphatic rings. The molecule has 12 heteroatoms. The molecule has 4 aromatic carbocycles. The molecular formula is C36H36N4O5S2Si. The molecule has 0 saturated heterocycles. The van der Waals surface area contributed by atoms with E-state index in [-0.39, 0.29) is 16.7 Å². The van der Waals surface area contributed by atoms with Crippen LogP contribution in [0.2, 0.25) is 5.04 Å². The van der Waals surface area contributed by atoms with E-state index in [1.165, 1.54) is 11.3 Å². The Morgan fingerprint density at radius 3 is 2.27 bits per heavy atom. The summed E-state index contributed by atoms with van der Waals surface area (Å²) in [7, 11) is -6.74. The number of fused-ring (bicyclic) bond motifs is 1. The molecule has 1 atom stereocenters. The van der Waals surface area contributed by atoms with Crippen molar-refractivity contribution in [2.24, 2.45) is 5.73 Å². The molecule has 1 heterocycles. The second-order valence-corrected chi connectivity index (χ2v) is 19.3. The molecule has 5 aromatic rings. The first kappa shape index (κ1) is 34.4. The predicted molar refractivity (Wildman–Crippen MR) is 197 cm³/mol. The van der Waals surface area contributed by atoms with Crippen molar-refractivity contribution in [1.82, 2.24) is 4.98 Å². The van der Waals surface area contributed by atoms with E-state index >= 15 is 0 Å². The van der Waals surface area contributed by atoms with Gasteiger partial charge in [-0.15, -0.1) is 0 Å². The highest BCUT2D eigenvalue weighted by Crippen LogP contribution is 2.41. The Labute approximate surface area is 285 Å². The molecule has 5 rings (SSSR count). The van der Waals surface area contributed by atoms with E-state index in [0.717, 1.165) is 20.5 Å². The number of rotatable bonds is 10. The van der Waals surface area contributed by atoms with Gasteiger partial charge in [0.25, 0.3) is 0 Å². The minimum absolute atomic E-state index is 0.230. The van der Waals surface area contributed by atoms with Gasteiger partial charge < -0.3 is 20.6 Å². The number of nitrogens with zero attached hydrogens (tertiary/aromatic N) is 1. The lowest BCUT2D eigenvalue weighted by Gasteiger charge is -2.43. The van der Waals surface area contributed by atoms with Gasteiger partial charge >= 0.3 is 14.4 Å². The smallest absolute Gasteiger partial charge is 0.410 e. The van der Waals surface area contributed by atoms with Crippen molar-refractivity contribution in [3.05, 3.63) is 120 Å². The Morgan fingerprint density at radius 2 is 1.69 bits per heavy atom. The number of benzene rings is 4. The zero-order chi connectivity index (χ0) is 34.5. The van der Waals surface area contributed by atoms with Gasteiger partial charge in [0.15, 0.2) is 15.0 Å². The van der Waals surface area contributed by atoms with Gasteiger partial charge in [-0.3, -0.25) is 5.32 Å². The van der Waals surface area contributed by atoms with Crippen LogP contribution in [0.5, 0.6) is 5.75 Å². The zero-order valence-electron chi connectivity index (χ0n) is 26.7. The van der Waals surface area contributed by atoms with E-state index in [1.54, 1.807) is 24.3 Å². The van der Waals surface area contributed by atoms with E-state index in [0.29, 0.717) is 28.1 Å². The lowest BCUT2D eigenvalue weighted by Crippen LogP contribution is -2.68. The summed E-state index contributed by atoms with van der Waals surface area (Å²) in [5.74, 6) is 6.85. The van der Waals surface area contributed by atoms with Gasteiger partial charge in [-0.25, -0.2) is 18.2 Å². The maximum atomic E-state index is 12.2. The molecule has 0 aliphatic carbocycles. The first-order valence-corrected chi connectivity index (χ1v) is 19.4. The molecule has 246 valence electrons. The fourth-order valence-electron chi connectivity index (χ4n) is 5.52. The third-order valence-electron chi connectivity index (χ3n) is 7.77. The maximum Gasteiger partial charge on any atom is 0.410 e. The third kappa shape index (κ3) is 7.29. The van der Waals surface area contributed by atoms with Crippen molar-refractivity contribution in [1.29, 1.82) is 0 Å². The van der Waals surface area contributed by atoms with Crippen molar-refractivity contribution >= 4 is 67.0 Å². The normalized spacial score (nSPS) is 12.4. The number of nitrogens with two attached hydrogens (primary N) is 1. The van der Waals surface area contributed by atoms with Crippen LogP contribution in [0.25, 0.3) is 10.2 Å². The van der Waals surface area contributed by atoms with Crippen LogP contribution >= 0.6 is 11.3 Å². The summed E-state index contributed by atoms with van der Waals surface area (Å²) in [5.41, 5.74) is 8.25. The molecule has 0 fully saturated rings. The minimum atomic E-state index is -3.68. The highest BCUT2D eigenvalue weighted by atomic mass is 32.2. The van der Waals surface area contributed by atoms with Crippen LogP contribution < -0.4 is 31.2 Å². The highest BCUT2D eigenvalue weighted by molar-refractivity contribution is 7.94. The van der Waals surface area contributed by atoms with Gasteiger partial charge in [0.2, 0.25) is 0 Å². The lowest BCUT2D eigenvalue weighted by molar-refractivity contribution is 0.209. The van der Waals surface area contributed by atoms with Gasteiger partial charge in [0.1, 0.15) is 16.6 Å². The van der Waals surface area contributed by atoms with Crippen LogP contribution in [0.4, 0.5) is 15.6 Å². The van der Waals surface area contributed by atoms with Crippen molar-refractivity contribution in [2.75, 3.05) is 17.2 Å². The van der Waals surface area contributed by atoms with Gasteiger partial charge in [-0.1, -0.05) is 123 Å². The Hall–Kier alpha value is -4.93. The van der Waals surface area contributed by atoms with E-state index in [9.17, 15) is 18.3 Å². The molecular weight excluding hydrogens is 661 g/mol. The number of carboxylic acid groups (broad SMARTS) is 1. The Morgan fingerprint density at radius 1 is 1.04 bits per heavy atom. The van der Waals surface area contributed by atoms with Gasteiger partial charge in [0, 0.05) is 16.7 Å². The third-order valence-corrected chi connectivity index (χ3v) is 15.1. The summed E-state index contributed by atoms with van der Waals surface area (Å²) in [6.45, 7) is 10.1. The summed E-state index contributed by atoms with van der Waals surface area (Å²) in [4.78, 5) is 16.1. The number of thiazole rings is 1. The summed E-state index contributed by atoms with van der Waals surface area (Å²) in [6.07, 6.45) is -1.21. The Kier molecular flexibility index (Phi) is 10.1. The van der Waals surface area contributed by atoms with Crippen LogP contribution in [-0.4, -0.2) is 39.5 Å². The standard InChI is InChI=1S/C36H36N4O5S2Si/c1-5-47(43,44)33(37)26-15-12-16-27(24-26)38-21-13-14-25-22-30(32-31(23-25)46-34(39-32)40-35(41)42)45-48(36(2,3)4,28-17-8-6-9-18-28)29-19-10-7-11-20-29/h5-12,15-20,22-24,33,38H,1,21,37H2,2-4H3,(H,39,40)(H,41,42). The fraction of sp³-hybridized carbons (Fsp3) is 0.167. The zero-order valence-corrected chi connectivity index (χ0v) is 29.4. The molecule has 1 aromatic heterocycles. The number of anilines is 2. The first-order chi connectivity index (χ1) is 22.8. The second-order valence-electron chi connectivity index (χ2n) is 12.0. The van der Waals surface area contributed by atoms with E-state index in [2.05, 4.69) is 79.1 Å². The number of nitrogens with one attached hydrogen (secondary N) is 2. The van der Waals surface area contributed by atoms with Crippen LogP contribution in [0, 0.1) is 11.8 Å². The topological polar surface area (TPSA) is 144 Å². The van der Waals surface area contributed by atoms with Crippen molar-refractivity contribution < 1.29 is 22.7 Å². The number of carbonyl (C=O) groups is 1. The summed E-state index contributed by atoms with van der Waals surface area (Å²) in [5, 5.41) is 16.7. The minimum Gasteiger partial charge on any atom is -0.532 e. The summed E-state index contributed by atoms with van der Waals surface area (Å²) < 4.78 is 32.4. The largest absolute Gasteiger partial charge is 0.532 e. The van der Waals surface area contributed by atoms with E-state index in [4.69, 9.17) is 10.2 Å². The number of sulfone groups is 1. The average Bonchev–Trinajstić information content (AvgIpc) is 3.47. The average molecular weight is 697 g/mol. The quantitative estimate of drug-likeness (QED) is 0.0984. The van der Waals surface area contributed by atoms with Crippen molar-refractivity contribution in [2.45, 2.75) is 31.2 Å². The lowest BCUT2D eigenvalue weighted by atomic mass is 10.2. The molecule has 48 heavy (non-hydrogen) atoms. The number of amides is 1. The molecule has 0 saturated carbocycles. The number of aromatic nitrogens is 1. The Balaban J connectivity index is 1.55. The fourth-order valence-corrected chi connectivity index (χ4v) is 11.6. The number of hydrogen-bond donors (Lipinski definition) is 4. The predicted octanol–water partition coefficient (Wildman–Crippen LogP) is 6.30.